The number of anilines is 1. The number of ether oxygens (including phenoxy) is 1. The van der Waals surface area contributed by atoms with Crippen LogP contribution in [0.15, 0.2) is 47.5 Å². The summed E-state index contributed by atoms with van der Waals surface area (Å²) in [5, 5.41) is 23.9. The molecule has 0 aliphatic carbocycles. The van der Waals surface area contributed by atoms with Crippen molar-refractivity contribution in [1.29, 1.82) is 0 Å². The van der Waals surface area contributed by atoms with E-state index in [2.05, 4.69) is 26.4 Å². The van der Waals surface area contributed by atoms with E-state index < -0.39 is 0 Å². The number of nitrogens with zero attached hydrogens (tertiary/aromatic N) is 4. The molecule has 6 rings (SSSR count). The van der Waals surface area contributed by atoms with E-state index in [9.17, 15) is 5.11 Å². The van der Waals surface area contributed by atoms with E-state index in [4.69, 9.17) is 9.84 Å². The SMILES string of the molecule is COc1cc(-c2ccc(-c3cc4c(nn3)N([C@@H]3C[C@H]5CC[C@@H](C3)N5)CCCS4)c(O)c2)ccn1. The number of thioether (sulfide) groups is 1. The zero-order valence-electron chi connectivity index (χ0n) is 19.3. The quantitative estimate of drug-likeness (QED) is 0.571. The van der Waals surface area contributed by atoms with Crippen LogP contribution in [0.5, 0.6) is 11.6 Å². The summed E-state index contributed by atoms with van der Waals surface area (Å²) in [6.07, 6.45) is 7.81. The number of aromatic nitrogens is 3. The molecule has 8 heteroatoms. The van der Waals surface area contributed by atoms with Crippen molar-refractivity contribution in [3.8, 4) is 34.0 Å². The fraction of sp³-hybridized carbons (Fsp3) is 0.423. The molecule has 34 heavy (non-hydrogen) atoms. The van der Waals surface area contributed by atoms with Crippen LogP contribution < -0.4 is 15.0 Å². The van der Waals surface area contributed by atoms with E-state index in [1.807, 2.05) is 36.0 Å². The van der Waals surface area contributed by atoms with Crippen LogP contribution in [0, 0.1) is 0 Å². The Labute approximate surface area is 204 Å². The van der Waals surface area contributed by atoms with Gasteiger partial charge in [0.15, 0.2) is 5.82 Å². The van der Waals surface area contributed by atoms with Gasteiger partial charge in [-0.3, -0.25) is 0 Å². The second-order valence-corrected chi connectivity index (χ2v) is 10.5. The highest BCUT2D eigenvalue weighted by atomic mass is 32.2. The topological polar surface area (TPSA) is 83.4 Å². The lowest BCUT2D eigenvalue weighted by Gasteiger charge is -2.38. The van der Waals surface area contributed by atoms with Crippen molar-refractivity contribution in [3.05, 3.63) is 42.6 Å². The molecule has 2 aromatic heterocycles. The number of phenolic OH excluding ortho intramolecular Hbond substituents is 1. The van der Waals surface area contributed by atoms with Gasteiger partial charge in [0.05, 0.1) is 17.7 Å². The predicted octanol–water partition coefficient (Wildman–Crippen LogP) is 4.51. The number of phenols is 1. The minimum absolute atomic E-state index is 0.188. The standard InChI is InChI=1S/C26H29N5O2S/c1-33-25-12-17(7-8-27-25)16-3-6-21(23(32)11-16)22-15-24-26(30-29-22)31(9-2-10-34-24)20-13-18-4-5-19(14-20)28-18/h3,6-8,11-12,15,18-20,28,32H,2,4-5,9-10,13-14H2,1H3/t18-,19+,20-. The van der Waals surface area contributed by atoms with E-state index >= 15 is 0 Å². The Morgan fingerprint density at radius 1 is 1.06 bits per heavy atom. The molecule has 3 aliphatic heterocycles. The third-order valence-corrected chi connectivity index (χ3v) is 8.36. The number of aromatic hydroxyl groups is 1. The highest BCUT2D eigenvalue weighted by Gasteiger charge is 2.37. The molecule has 176 valence electrons. The first-order valence-corrected chi connectivity index (χ1v) is 13.0. The van der Waals surface area contributed by atoms with E-state index in [1.165, 1.54) is 25.7 Å². The lowest BCUT2D eigenvalue weighted by atomic mass is 9.98. The maximum atomic E-state index is 10.9. The summed E-state index contributed by atoms with van der Waals surface area (Å²) in [6, 6.07) is 13.3. The Morgan fingerprint density at radius 2 is 1.88 bits per heavy atom. The van der Waals surface area contributed by atoms with Gasteiger partial charge in [0.25, 0.3) is 0 Å². The molecule has 0 unspecified atom stereocenters. The first kappa shape index (κ1) is 21.7. The number of fused-ring (bicyclic) bond motifs is 3. The van der Waals surface area contributed by atoms with Gasteiger partial charge >= 0.3 is 0 Å². The van der Waals surface area contributed by atoms with Crippen molar-refractivity contribution in [2.24, 2.45) is 0 Å². The Kier molecular flexibility index (Phi) is 5.79. The van der Waals surface area contributed by atoms with E-state index in [-0.39, 0.29) is 5.75 Å². The van der Waals surface area contributed by atoms with Gasteiger partial charge in [-0.05, 0) is 73.2 Å². The summed E-state index contributed by atoms with van der Waals surface area (Å²) in [4.78, 5) is 7.83. The molecule has 1 aromatic carbocycles. The summed E-state index contributed by atoms with van der Waals surface area (Å²) < 4.78 is 5.23. The van der Waals surface area contributed by atoms with E-state index in [1.54, 1.807) is 19.4 Å². The fourth-order valence-electron chi connectivity index (χ4n) is 5.59. The van der Waals surface area contributed by atoms with Gasteiger partial charge in [-0.25, -0.2) is 4.98 Å². The number of benzene rings is 1. The minimum Gasteiger partial charge on any atom is -0.507 e. The van der Waals surface area contributed by atoms with Gasteiger partial charge in [0.1, 0.15) is 5.75 Å². The van der Waals surface area contributed by atoms with Crippen LogP contribution >= 0.6 is 11.8 Å². The van der Waals surface area contributed by atoms with Gasteiger partial charge in [0, 0.05) is 42.5 Å². The van der Waals surface area contributed by atoms with Crippen molar-refractivity contribution in [2.75, 3.05) is 24.3 Å². The molecule has 2 bridgehead atoms. The van der Waals surface area contributed by atoms with Crippen LogP contribution in [0.2, 0.25) is 0 Å². The van der Waals surface area contributed by atoms with E-state index in [0.717, 1.165) is 40.6 Å². The van der Waals surface area contributed by atoms with Crippen molar-refractivity contribution in [1.82, 2.24) is 20.5 Å². The summed E-state index contributed by atoms with van der Waals surface area (Å²) in [5.41, 5.74) is 3.22. The van der Waals surface area contributed by atoms with Crippen LogP contribution in [0.1, 0.15) is 32.1 Å². The smallest absolute Gasteiger partial charge is 0.213 e. The van der Waals surface area contributed by atoms with Gasteiger partial charge in [-0.1, -0.05) is 6.07 Å². The summed E-state index contributed by atoms with van der Waals surface area (Å²) >= 11 is 1.85. The zero-order valence-corrected chi connectivity index (χ0v) is 20.1. The Balaban J connectivity index is 1.30. The van der Waals surface area contributed by atoms with Gasteiger partial charge in [0.2, 0.25) is 5.88 Å². The number of pyridine rings is 1. The number of piperidine rings is 1. The summed E-state index contributed by atoms with van der Waals surface area (Å²) in [7, 11) is 1.60. The molecule has 0 radical (unpaired) electrons. The number of rotatable bonds is 4. The van der Waals surface area contributed by atoms with Crippen LogP contribution in [-0.4, -0.2) is 57.8 Å². The molecule has 2 saturated heterocycles. The lowest BCUT2D eigenvalue weighted by Crippen LogP contribution is -2.49. The minimum atomic E-state index is 0.188. The number of hydrogen-bond donors (Lipinski definition) is 2. The Bertz CT molecular complexity index is 1190. The molecule has 2 fully saturated rings. The molecular weight excluding hydrogens is 446 g/mol. The van der Waals surface area contributed by atoms with Crippen LogP contribution in [0.3, 0.4) is 0 Å². The number of nitrogens with one attached hydrogen (secondary N) is 1. The molecule has 5 heterocycles. The van der Waals surface area contributed by atoms with Crippen molar-refractivity contribution in [2.45, 2.75) is 55.1 Å². The molecule has 0 spiro atoms. The average Bonchev–Trinajstić information content (AvgIpc) is 3.07. The molecule has 0 saturated carbocycles. The second-order valence-electron chi connectivity index (χ2n) is 9.39. The molecule has 3 aliphatic rings. The molecule has 7 nitrogen and oxygen atoms in total. The molecule has 0 amide bonds. The summed E-state index contributed by atoms with van der Waals surface area (Å²) in [5.74, 6) is 2.81. The molecular formula is C26H29N5O2S. The van der Waals surface area contributed by atoms with Crippen molar-refractivity contribution < 1.29 is 9.84 Å². The fourth-order valence-corrected chi connectivity index (χ4v) is 6.57. The summed E-state index contributed by atoms with van der Waals surface area (Å²) in [6.45, 7) is 1.04. The number of hydrogen-bond acceptors (Lipinski definition) is 8. The second kappa shape index (κ2) is 9.07. The highest BCUT2D eigenvalue weighted by molar-refractivity contribution is 7.99. The highest BCUT2D eigenvalue weighted by Crippen LogP contribution is 2.40. The predicted molar refractivity (Wildman–Crippen MR) is 135 cm³/mol. The van der Waals surface area contributed by atoms with Crippen molar-refractivity contribution >= 4 is 17.6 Å². The maximum absolute atomic E-state index is 10.9. The van der Waals surface area contributed by atoms with Crippen LogP contribution in [0.4, 0.5) is 5.82 Å². The average molecular weight is 476 g/mol. The Morgan fingerprint density at radius 3 is 2.68 bits per heavy atom. The normalized spacial score (nSPS) is 23.9. The third kappa shape index (κ3) is 4.09. The first-order chi connectivity index (χ1) is 16.7. The van der Waals surface area contributed by atoms with Crippen LogP contribution in [0.25, 0.3) is 22.4 Å². The molecule has 2 N–H and O–H groups in total. The number of methoxy groups -OCH3 is 1. The first-order valence-electron chi connectivity index (χ1n) is 12.0. The maximum Gasteiger partial charge on any atom is 0.213 e. The van der Waals surface area contributed by atoms with Gasteiger partial charge < -0.3 is 20.1 Å². The van der Waals surface area contributed by atoms with E-state index in [0.29, 0.717) is 35.3 Å². The van der Waals surface area contributed by atoms with Crippen LogP contribution in [-0.2, 0) is 0 Å². The van der Waals surface area contributed by atoms with Crippen molar-refractivity contribution in [3.63, 3.8) is 0 Å². The zero-order chi connectivity index (χ0) is 23.1. The monoisotopic (exact) mass is 475 g/mol. The van der Waals surface area contributed by atoms with Gasteiger partial charge in [-0.15, -0.1) is 22.0 Å². The van der Waals surface area contributed by atoms with Gasteiger partial charge in [-0.2, -0.15) is 0 Å². The molecule has 3 aromatic rings. The molecule has 3 atom stereocenters. The third-order valence-electron chi connectivity index (χ3n) is 7.25. The Hall–Kier alpha value is -2.84. The largest absolute Gasteiger partial charge is 0.507 e. The lowest BCUT2D eigenvalue weighted by molar-refractivity contribution is 0.345.